The van der Waals surface area contributed by atoms with E-state index in [4.69, 9.17) is 0 Å². The first kappa shape index (κ1) is 10.5. The molecule has 2 N–H and O–H groups in total. The Kier molecular flexibility index (Phi) is 2.64. The normalized spacial score (nSPS) is 19.5. The van der Waals surface area contributed by atoms with Gasteiger partial charge in [-0.05, 0) is 17.9 Å². The number of anilines is 1. The van der Waals surface area contributed by atoms with Crippen molar-refractivity contribution in [2.75, 3.05) is 11.9 Å². The highest BCUT2D eigenvalue weighted by Crippen LogP contribution is 2.24. The Morgan fingerprint density at radius 1 is 1.53 bits per heavy atom. The van der Waals surface area contributed by atoms with Crippen LogP contribution in [0, 0.1) is 0 Å². The Balaban J connectivity index is 1.72. The van der Waals surface area contributed by atoms with Crippen LogP contribution in [-0.2, 0) is 4.79 Å². The predicted octanol–water partition coefficient (Wildman–Crippen LogP) is 1.38. The van der Waals surface area contributed by atoms with Crippen molar-refractivity contribution < 1.29 is 4.79 Å². The summed E-state index contributed by atoms with van der Waals surface area (Å²) in [6.07, 6.45) is 3.08. The molecule has 0 aliphatic carbocycles. The summed E-state index contributed by atoms with van der Waals surface area (Å²) in [5.41, 5.74) is 0.961. The lowest BCUT2D eigenvalue weighted by Crippen LogP contribution is -2.31. The Hall–Kier alpha value is -1.69. The zero-order chi connectivity index (χ0) is 11.7. The van der Waals surface area contributed by atoms with Crippen molar-refractivity contribution in [1.29, 1.82) is 0 Å². The Morgan fingerprint density at radius 2 is 2.47 bits per heavy atom. The molecule has 0 radical (unpaired) electrons. The predicted molar refractivity (Wildman–Crippen MR) is 67.1 cm³/mol. The second-order valence-electron chi connectivity index (χ2n) is 4.04. The molecular formula is C11H12N4OS. The maximum absolute atomic E-state index is 11.1. The molecule has 1 amide bonds. The fraction of sp³-hybridized carbons (Fsp3) is 0.364. The van der Waals surface area contributed by atoms with Crippen LogP contribution in [0.25, 0.3) is 10.2 Å². The van der Waals surface area contributed by atoms with Crippen LogP contribution in [0.2, 0.25) is 0 Å². The van der Waals surface area contributed by atoms with Gasteiger partial charge in [0.05, 0.1) is 10.2 Å². The third-order valence-corrected chi connectivity index (χ3v) is 3.75. The molecule has 1 atom stereocenters. The summed E-state index contributed by atoms with van der Waals surface area (Å²) in [4.78, 5) is 19.5. The highest BCUT2D eigenvalue weighted by atomic mass is 32.1. The molecule has 1 saturated heterocycles. The van der Waals surface area contributed by atoms with Gasteiger partial charge in [-0.1, -0.05) is 0 Å². The molecule has 1 aliphatic rings. The van der Waals surface area contributed by atoms with Crippen LogP contribution in [0.3, 0.4) is 0 Å². The van der Waals surface area contributed by atoms with E-state index in [9.17, 15) is 4.79 Å². The van der Waals surface area contributed by atoms with Crippen molar-refractivity contribution >= 4 is 33.3 Å². The van der Waals surface area contributed by atoms with Gasteiger partial charge in [-0.15, -0.1) is 11.3 Å². The molecule has 6 heteroatoms. The van der Waals surface area contributed by atoms with Crippen molar-refractivity contribution in [3.05, 3.63) is 17.8 Å². The lowest BCUT2D eigenvalue weighted by atomic mass is 10.2. The van der Waals surface area contributed by atoms with Gasteiger partial charge >= 0.3 is 0 Å². The maximum Gasteiger partial charge on any atom is 0.220 e. The van der Waals surface area contributed by atoms with Gasteiger partial charge in [-0.25, -0.2) is 9.97 Å². The third kappa shape index (κ3) is 2.08. The van der Waals surface area contributed by atoms with E-state index in [1.165, 1.54) is 0 Å². The van der Waals surface area contributed by atoms with Crippen molar-refractivity contribution in [2.45, 2.75) is 18.9 Å². The number of carbonyl (C=O) groups excluding carboxylic acids is 1. The fourth-order valence-electron chi connectivity index (χ4n) is 1.97. The zero-order valence-corrected chi connectivity index (χ0v) is 9.96. The van der Waals surface area contributed by atoms with E-state index in [1.54, 1.807) is 17.7 Å². The minimum absolute atomic E-state index is 0.140. The highest BCUT2D eigenvalue weighted by molar-refractivity contribution is 7.17. The summed E-state index contributed by atoms with van der Waals surface area (Å²) in [5.74, 6) is 0.993. The number of rotatable bonds is 3. The molecule has 1 unspecified atom stereocenters. The number of hydrogen-bond acceptors (Lipinski definition) is 5. The van der Waals surface area contributed by atoms with Crippen molar-refractivity contribution in [3.63, 3.8) is 0 Å². The van der Waals surface area contributed by atoms with Gasteiger partial charge in [0.1, 0.15) is 12.1 Å². The van der Waals surface area contributed by atoms with E-state index in [0.717, 1.165) is 29.0 Å². The van der Waals surface area contributed by atoms with Gasteiger partial charge in [0.25, 0.3) is 0 Å². The summed E-state index contributed by atoms with van der Waals surface area (Å²) in [6.45, 7) is 0.718. The number of aromatic nitrogens is 2. The number of fused-ring (bicyclic) bond motifs is 1. The standard InChI is InChI=1S/C11H12N4OS/c16-9-2-1-7(15-9)5-12-11-10-8(3-4-17-10)13-6-14-11/h3-4,6-7H,1-2,5H2,(H,15,16)(H,12,13,14). The van der Waals surface area contributed by atoms with Crippen LogP contribution in [-0.4, -0.2) is 28.5 Å². The molecule has 88 valence electrons. The van der Waals surface area contributed by atoms with E-state index >= 15 is 0 Å². The minimum atomic E-state index is 0.140. The summed E-state index contributed by atoms with van der Waals surface area (Å²) < 4.78 is 1.07. The van der Waals surface area contributed by atoms with E-state index in [1.807, 2.05) is 11.4 Å². The van der Waals surface area contributed by atoms with Crippen LogP contribution in [0.4, 0.5) is 5.82 Å². The molecule has 3 rings (SSSR count). The molecular weight excluding hydrogens is 236 g/mol. The first-order valence-corrected chi connectivity index (χ1v) is 6.42. The highest BCUT2D eigenvalue weighted by Gasteiger charge is 2.20. The van der Waals surface area contributed by atoms with Crippen LogP contribution in [0.15, 0.2) is 17.8 Å². The number of hydrogen-bond donors (Lipinski definition) is 2. The quantitative estimate of drug-likeness (QED) is 0.861. The monoisotopic (exact) mass is 248 g/mol. The lowest BCUT2D eigenvalue weighted by Gasteiger charge is -2.11. The molecule has 2 aromatic rings. The van der Waals surface area contributed by atoms with E-state index in [0.29, 0.717) is 6.42 Å². The molecule has 2 aromatic heterocycles. The van der Waals surface area contributed by atoms with Gasteiger partial charge < -0.3 is 10.6 Å². The smallest absolute Gasteiger partial charge is 0.220 e. The minimum Gasteiger partial charge on any atom is -0.367 e. The van der Waals surface area contributed by atoms with Crippen LogP contribution in [0.1, 0.15) is 12.8 Å². The molecule has 1 aliphatic heterocycles. The Bertz CT molecular complexity index is 553. The summed E-state index contributed by atoms with van der Waals surface area (Å²) in [6, 6.07) is 2.19. The largest absolute Gasteiger partial charge is 0.367 e. The Labute approximate surface area is 102 Å². The molecule has 3 heterocycles. The number of nitrogens with one attached hydrogen (secondary N) is 2. The lowest BCUT2D eigenvalue weighted by molar-refractivity contribution is -0.119. The van der Waals surface area contributed by atoms with E-state index in [2.05, 4.69) is 20.6 Å². The average molecular weight is 248 g/mol. The van der Waals surface area contributed by atoms with Crippen molar-refractivity contribution in [1.82, 2.24) is 15.3 Å². The average Bonchev–Trinajstić information content (AvgIpc) is 2.94. The second-order valence-corrected chi connectivity index (χ2v) is 4.96. The molecule has 0 bridgehead atoms. The fourth-order valence-corrected chi connectivity index (χ4v) is 2.78. The first-order valence-electron chi connectivity index (χ1n) is 5.54. The number of amides is 1. The van der Waals surface area contributed by atoms with Crippen LogP contribution < -0.4 is 10.6 Å². The first-order chi connectivity index (χ1) is 8.33. The van der Waals surface area contributed by atoms with Gasteiger partial charge in [-0.2, -0.15) is 0 Å². The van der Waals surface area contributed by atoms with Gasteiger partial charge in [0.15, 0.2) is 0 Å². The molecule has 0 saturated carbocycles. The summed E-state index contributed by atoms with van der Waals surface area (Å²) >= 11 is 1.62. The van der Waals surface area contributed by atoms with Crippen LogP contribution in [0.5, 0.6) is 0 Å². The summed E-state index contributed by atoms with van der Waals surface area (Å²) in [5, 5.41) is 8.21. The van der Waals surface area contributed by atoms with Gasteiger partial charge in [0, 0.05) is 19.0 Å². The van der Waals surface area contributed by atoms with E-state index < -0.39 is 0 Å². The van der Waals surface area contributed by atoms with Crippen molar-refractivity contribution in [2.24, 2.45) is 0 Å². The van der Waals surface area contributed by atoms with E-state index in [-0.39, 0.29) is 11.9 Å². The van der Waals surface area contributed by atoms with Gasteiger partial charge in [-0.3, -0.25) is 4.79 Å². The Morgan fingerprint density at radius 3 is 3.29 bits per heavy atom. The number of thiophene rings is 1. The number of nitrogens with zero attached hydrogens (tertiary/aromatic N) is 2. The molecule has 1 fully saturated rings. The topological polar surface area (TPSA) is 66.9 Å². The molecule has 5 nitrogen and oxygen atoms in total. The second kappa shape index (κ2) is 4.29. The van der Waals surface area contributed by atoms with Crippen LogP contribution >= 0.6 is 11.3 Å². The zero-order valence-electron chi connectivity index (χ0n) is 9.14. The third-order valence-electron chi connectivity index (χ3n) is 2.84. The maximum atomic E-state index is 11.1. The summed E-state index contributed by atoms with van der Waals surface area (Å²) in [7, 11) is 0. The number of carbonyl (C=O) groups is 1. The van der Waals surface area contributed by atoms with Gasteiger partial charge in [0.2, 0.25) is 5.91 Å². The molecule has 0 spiro atoms. The van der Waals surface area contributed by atoms with Crippen molar-refractivity contribution in [3.8, 4) is 0 Å². The SMILES string of the molecule is O=C1CCC(CNc2ncnc3ccsc23)N1. The molecule has 0 aromatic carbocycles. The molecule has 17 heavy (non-hydrogen) atoms.